The fourth-order valence-corrected chi connectivity index (χ4v) is 7.11. The van der Waals surface area contributed by atoms with Crippen LogP contribution in [0.25, 0.3) is 0 Å². The molecule has 1 amide bonds. The summed E-state index contributed by atoms with van der Waals surface area (Å²) in [6.45, 7) is 3.69. The van der Waals surface area contributed by atoms with Crippen LogP contribution in [0.2, 0.25) is 0 Å². The van der Waals surface area contributed by atoms with Crippen LogP contribution < -0.4 is 5.46 Å². The van der Waals surface area contributed by atoms with E-state index in [0.717, 1.165) is 44.3 Å². The number of nitrogens with zero attached hydrogens (tertiary/aromatic N) is 1. The van der Waals surface area contributed by atoms with Crippen LogP contribution in [0, 0.1) is 17.8 Å². The molecule has 2 N–H and O–H groups in total. The quantitative estimate of drug-likeness (QED) is 0.648. The molecule has 5 atom stereocenters. The fourth-order valence-electron chi connectivity index (χ4n) is 7.11. The molecule has 2 fully saturated rings. The Labute approximate surface area is 203 Å². The van der Waals surface area contributed by atoms with Gasteiger partial charge in [0.25, 0.3) is 0 Å². The van der Waals surface area contributed by atoms with Crippen molar-refractivity contribution in [2.75, 3.05) is 13.7 Å². The largest absolute Gasteiger partial charge is 0.488 e. The molecular formula is C28H36BNO4. The molecule has 1 saturated heterocycles. The third kappa shape index (κ3) is 4.44. The van der Waals surface area contributed by atoms with Crippen LogP contribution in [0.5, 0.6) is 0 Å². The number of carbonyl (C=O) groups excluding carboxylic acids is 1. The van der Waals surface area contributed by atoms with E-state index in [9.17, 15) is 14.8 Å². The van der Waals surface area contributed by atoms with Crippen molar-refractivity contribution in [1.29, 1.82) is 0 Å². The predicted molar refractivity (Wildman–Crippen MR) is 134 cm³/mol. The summed E-state index contributed by atoms with van der Waals surface area (Å²) in [6.07, 6.45) is 5.66. The maximum atomic E-state index is 12.9. The summed E-state index contributed by atoms with van der Waals surface area (Å²) >= 11 is 0. The molecule has 1 saturated carbocycles. The van der Waals surface area contributed by atoms with Crippen molar-refractivity contribution in [3.63, 3.8) is 0 Å². The SMILES string of the molecule is CN(Cc1ccccc1)C(=O)CC[C@@H]1CO[C@@]2(C)CCC3c4ccc(B(O)O)cc4CCC3C12. The van der Waals surface area contributed by atoms with Crippen LogP contribution in [0.15, 0.2) is 48.5 Å². The van der Waals surface area contributed by atoms with Gasteiger partial charge in [0.1, 0.15) is 0 Å². The Balaban J connectivity index is 1.27. The van der Waals surface area contributed by atoms with Crippen LogP contribution in [-0.4, -0.2) is 47.2 Å². The number of amides is 1. The number of rotatable bonds is 6. The zero-order valence-corrected chi connectivity index (χ0v) is 20.3. The Kier molecular flexibility index (Phi) is 6.58. The van der Waals surface area contributed by atoms with Crippen molar-refractivity contribution in [3.05, 3.63) is 65.2 Å². The summed E-state index contributed by atoms with van der Waals surface area (Å²) in [7, 11) is 0.486. The lowest BCUT2D eigenvalue weighted by Crippen LogP contribution is -2.47. The number of hydrogen-bond donors (Lipinski definition) is 2. The third-order valence-electron chi connectivity index (χ3n) is 8.80. The van der Waals surface area contributed by atoms with E-state index in [-0.39, 0.29) is 11.5 Å². The van der Waals surface area contributed by atoms with Gasteiger partial charge in [-0.3, -0.25) is 4.79 Å². The molecule has 34 heavy (non-hydrogen) atoms. The van der Waals surface area contributed by atoms with Gasteiger partial charge in [-0.15, -0.1) is 0 Å². The Bertz CT molecular complexity index is 1030. The molecule has 2 aromatic rings. The smallest absolute Gasteiger partial charge is 0.423 e. The van der Waals surface area contributed by atoms with E-state index in [4.69, 9.17) is 4.74 Å². The number of ether oxygens (including phenoxy) is 1. The molecular weight excluding hydrogens is 425 g/mol. The summed E-state index contributed by atoms with van der Waals surface area (Å²) < 4.78 is 6.44. The first kappa shape index (κ1) is 23.6. The van der Waals surface area contributed by atoms with E-state index in [0.29, 0.717) is 42.1 Å². The normalized spacial score (nSPS) is 29.6. The van der Waals surface area contributed by atoms with E-state index in [1.807, 2.05) is 42.3 Å². The lowest BCUT2D eigenvalue weighted by atomic mass is 9.56. The molecule has 0 aromatic heterocycles. The second-order valence-electron chi connectivity index (χ2n) is 10.9. The highest BCUT2D eigenvalue weighted by atomic mass is 16.5. The number of fused-ring (bicyclic) bond motifs is 5. The van der Waals surface area contributed by atoms with E-state index < -0.39 is 7.12 Å². The highest BCUT2D eigenvalue weighted by molar-refractivity contribution is 6.58. The summed E-state index contributed by atoms with van der Waals surface area (Å²) in [5.41, 5.74) is 4.29. The zero-order valence-electron chi connectivity index (χ0n) is 20.3. The number of aryl methyl sites for hydroxylation is 1. The van der Waals surface area contributed by atoms with Gasteiger partial charge in [0.2, 0.25) is 5.91 Å². The Morgan fingerprint density at radius 3 is 2.74 bits per heavy atom. The molecule has 0 radical (unpaired) electrons. The molecule has 6 heteroatoms. The molecule has 3 aliphatic rings. The van der Waals surface area contributed by atoms with Crippen molar-refractivity contribution in [1.82, 2.24) is 4.90 Å². The molecule has 0 bridgehead atoms. The molecule has 0 spiro atoms. The number of carbonyl (C=O) groups is 1. The van der Waals surface area contributed by atoms with E-state index >= 15 is 0 Å². The first-order valence-corrected chi connectivity index (χ1v) is 12.8. The van der Waals surface area contributed by atoms with Crippen molar-refractivity contribution in [2.45, 2.75) is 63.5 Å². The highest BCUT2D eigenvalue weighted by Crippen LogP contribution is 2.58. The number of hydrogen-bond acceptors (Lipinski definition) is 4. The summed E-state index contributed by atoms with van der Waals surface area (Å²) in [4.78, 5) is 14.8. The Morgan fingerprint density at radius 2 is 1.97 bits per heavy atom. The van der Waals surface area contributed by atoms with Gasteiger partial charge in [0.15, 0.2) is 0 Å². The summed E-state index contributed by atoms with van der Waals surface area (Å²) in [5, 5.41) is 19.2. The van der Waals surface area contributed by atoms with E-state index in [1.54, 1.807) is 0 Å². The van der Waals surface area contributed by atoms with Crippen molar-refractivity contribution in [3.8, 4) is 0 Å². The van der Waals surface area contributed by atoms with Crippen LogP contribution >= 0.6 is 0 Å². The molecule has 2 aliphatic carbocycles. The van der Waals surface area contributed by atoms with Crippen LogP contribution in [0.1, 0.15) is 61.6 Å². The van der Waals surface area contributed by atoms with Gasteiger partial charge in [0, 0.05) is 20.0 Å². The van der Waals surface area contributed by atoms with Gasteiger partial charge in [0.05, 0.1) is 12.2 Å². The van der Waals surface area contributed by atoms with Crippen LogP contribution in [-0.2, 0) is 22.5 Å². The lowest BCUT2D eigenvalue weighted by molar-refractivity contribution is -0.130. The van der Waals surface area contributed by atoms with Crippen LogP contribution in [0.3, 0.4) is 0 Å². The zero-order chi connectivity index (χ0) is 23.9. The minimum Gasteiger partial charge on any atom is -0.423 e. The fraction of sp³-hybridized carbons (Fsp3) is 0.536. The van der Waals surface area contributed by atoms with Crippen molar-refractivity contribution < 1.29 is 19.6 Å². The first-order valence-electron chi connectivity index (χ1n) is 12.8. The minimum atomic E-state index is -1.41. The molecule has 5 nitrogen and oxygen atoms in total. The minimum absolute atomic E-state index is 0.0937. The maximum absolute atomic E-state index is 12.9. The van der Waals surface area contributed by atoms with E-state index in [2.05, 4.69) is 25.1 Å². The van der Waals surface area contributed by atoms with Crippen LogP contribution in [0.4, 0.5) is 0 Å². The average Bonchev–Trinajstić information content (AvgIpc) is 3.19. The van der Waals surface area contributed by atoms with Gasteiger partial charge in [-0.25, -0.2) is 0 Å². The molecule has 3 unspecified atom stereocenters. The molecule has 180 valence electrons. The maximum Gasteiger partial charge on any atom is 0.488 e. The van der Waals surface area contributed by atoms with E-state index in [1.165, 1.54) is 11.1 Å². The third-order valence-corrected chi connectivity index (χ3v) is 8.80. The van der Waals surface area contributed by atoms with Crippen molar-refractivity contribution in [2.24, 2.45) is 17.8 Å². The van der Waals surface area contributed by atoms with Gasteiger partial charge in [-0.05, 0) is 84.9 Å². The highest BCUT2D eigenvalue weighted by Gasteiger charge is 2.55. The molecule has 2 aromatic carbocycles. The molecule has 5 rings (SSSR count). The molecule has 1 aliphatic heterocycles. The predicted octanol–water partition coefficient (Wildman–Crippen LogP) is 3.27. The summed E-state index contributed by atoms with van der Waals surface area (Å²) in [5.74, 6) is 2.13. The molecule has 1 heterocycles. The first-order chi connectivity index (χ1) is 16.4. The Hall–Kier alpha value is -2.15. The van der Waals surface area contributed by atoms with Gasteiger partial charge < -0.3 is 19.7 Å². The lowest BCUT2D eigenvalue weighted by Gasteiger charge is -2.49. The standard InChI is InChI=1S/C28H36BNO4/c1-28-15-14-24-23-12-10-22(29(32)33)16-20(23)8-11-25(24)27(28)21(18-34-28)9-13-26(31)30(2)17-19-6-4-3-5-7-19/h3-7,10,12,16,21,24-25,27,32-33H,8-9,11,13-15,17-18H2,1-2H3/t21-,24?,25?,27?,28+/m1/s1. The second kappa shape index (κ2) is 9.48. The van der Waals surface area contributed by atoms with Gasteiger partial charge in [-0.2, -0.15) is 0 Å². The van der Waals surface area contributed by atoms with Crippen molar-refractivity contribution >= 4 is 18.5 Å². The van der Waals surface area contributed by atoms with Gasteiger partial charge in [-0.1, -0.05) is 48.5 Å². The summed E-state index contributed by atoms with van der Waals surface area (Å²) in [6, 6.07) is 16.1. The number of benzene rings is 2. The topological polar surface area (TPSA) is 70.0 Å². The average molecular weight is 461 g/mol. The van der Waals surface area contributed by atoms with Gasteiger partial charge >= 0.3 is 7.12 Å². The second-order valence-corrected chi connectivity index (χ2v) is 10.9. The monoisotopic (exact) mass is 461 g/mol. The Morgan fingerprint density at radius 1 is 1.18 bits per heavy atom.